The highest BCUT2D eigenvalue weighted by molar-refractivity contribution is 7.93. The summed E-state index contributed by atoms with van der Waals surface area (Å²) in [5.41, 5.74) is 0.797. The molecule has 0 radical (unpaired) electrons. The molecule has 3 amide bonds. The summed E-state index contributed by atoms with van der Waals surface area (Å²) in [7, 11) is -3.72. The van der Waals surface area contributed by atoms with Gasteiger partial charge in [0.2, 0.25) is 17.7 Å². The molecule has 3 rings (SSSR count). The van der Waals surface area contributed by atoms with Crippen LogP contribution in [-0.4, -0.2) is 71.0 Å². The molecule has 2 aliphatic heterocycles. The number of amides is 3. The van der Waals surface area contributed by atoms with E-state index < -0.39 is 55.8 Å². The van der Waals surface area contributed by atoms with E-state index in [9.17, 15) is 27.9 Å². The summed E-state index contributed by atoms with van der Waals surface area (Å²) in [6, 6.07) is 6.32. The maximum atomic E-state index is 13.1. The highest BCUT2D eigenvalue weighted by Crippen LogP contribution is 2.45. The van der Waals surface area contributed by atoms with Crippen LogP contribution in [0.25, 0.3) is 0 Å². The molecular formula is C20H27N3O6S. The standard InChI is InChI=1S/C20H27N3O6S/c1-12(11-24)21-18(26)14(9-13-7-5-4-6-8-13)22-19(27)17-20(2,3)30(28,29)16-10-15(25)23(16)17/h4-8,12,14,16-17,24H,9-11H2,1-3H3,(H,21,26)(H,22,27). The molecule has 0 aliphatic carbocycles. The van der Waals surface area contributed by atoms with Crippen LogP contribution >= 0.6 is 0 Å². The average molecular weight is 438 g/mol. The van der Waals surface area contributed by atoms with Gasteiger partial charge in [-0.05, 0) is 26.3 Å². The minimum atomic E-state index is -3.72. The molecule has 2 saturated heterocycles. The van der Waals surface area contributed by atoms with Crippen LogP contribution in [0.4, 0.5) is 0 Å². The van der Waals surface area contributed by atoms with E-state index in [1.54, 1.807) is 31.2 Å². The van der Waals surface area contributed by atoms with E-state index >= 15 is 0 Å². The van der Waals surface area contributed by atoms with E-state index in [2.05, 4.69) is 10.6 Å². The smallest absolute Gasteiger partial charge is 0.245 e. The second-order valence-electron chi connectivity index (χ2n) is 8.35. The van der Waals surface area contributed by atoms with Gasteiger partial charge in [-0.3, -0.25) is 14.4 Å². The van der Waals surface area contributed by atoms with E-state index in [4.69, 9.17) is 0 Å². The molecular weight excluding hydrogens is 410 g/mol. The predicted molar refractivity (Wildman–Crippen MR) is 109 cm³/mol. The molecule has 0 aromatic heterocycles. The number of rotatable bonds is 7. The molecule has 0 bridgehead atoms. The second kappa shape index (κ2) is 7.99. The minimum Gasteiger partial charge on any atom is -0.394 e. The summed E-state index contributed by atoms with van der Waals surface area (Å²) >= 11 is 0. The number of hydrogen-bond acceptors (Lipinski definition) is 6. The first-order valence-corrected chi connectivity index (χ1v) is 11.4. The lowest BCUT2D eigenvalue weighted by molar-refractivity contribution is -0.150. The van der Waals surface area contributed by atoms with Crippen molar-refractivity contribution in [2.75, 3.05) is 6.61 Å². The maximum Gasteiger partial charge on any atom is 0.245 e. The first kappa shape index (κ1) is 22.2. The summed E-state index contributed by atoms with van der Waals surface area (Å²) in [5.74, 6) is -1.59. The van der Waals surface area contributed by atoms with E-state index in [1.165, 1.54) is 13.8 Å². The van der Waals surface area contributed by atoms with Gasteiger partial charge < -0.3 is 20.6 Å². The molecule has 4 unspecified atom stereocenters. The van der Waals surface area contributed by atoms with Gasteiger partial charge in [-0.1, -0.05) is 30.3 Å². The van der Waals surface area contributed by atoms with Crippen molar-refractivity contribution in [2.24, 2.45) is 0 Å². The highest BCUT2D eigenvalue weighted by Gasteiger charge is 2.67. The van der Waals surface area contributed by atoms with Crippen molar-refractivity contribution < 1.29 is 27.9 Å². The highest BCUT2D eigenvalue weighted by atomic mass is 32.2. The van der Waals surface area contributed by atoms with E-state index in [-0.39, 0.29) is 19.4 Å². The Bertz CT molecular complexity index is 947. The van der Waals surface area contributed by atoms with Crippen LogP contribution in [0.2, 0.25) is 0 Å². The van der Waals surface area contributed by atoms with Crippen LogP contribution in [0.5, 0.6) is 0 Å². The number of nitrogens with one attached hydrogen (secondary N) is 2. The van der Waals surface area contributed by atoms with E-state index in [1.807, 2.05) is 6.07 Å². The van der Waals surface area contributed by atoms with E-state index in [0.29, 0.717) is 0 Å². The fraction of sp³-hybridized carbons (Fsp3) is 0.550. The monoisotopic (exact) mass is 437 g/mol. The van der Waals surface area contributed by atoms with E-state index in [0.717, 1.165) is 10.5 Å². The number of sulfone groups is 1. The molecule has 0 spiro atoms. The van der Waals surface area contributed by atoms with Crippen LogP contribution in [0, 0.1) is 0 Å². The van der Waals surface area contributed by atoms with Gasteiger partial charge in [0.05, 0.1) is 17.8 Å². The molecule has 3 N–H and O–H groups in total. The van der Waals surface area contributed by atoms with Crippen molar-refractivity contribution in [3.8, 4) is 0 Å². The number of carbonyl (C=O) groups excluding carboxylic acids is 3. The predicted octanol–water partition coefficient (Wildman–Crippen LogP) is -0.655. The third kappa shape index (κ3) is 3.69. The third-order valence-electron chi connectivity index (χ3n) is 5.80. The van der Waals surface area contributed by atoms with Crippen molar-refractivity contribution >= 4 is 27.6 Å². The van der Waals surface area contributed by atoms with Gasteiger partial charge in [0, 0.05) is 12.5 Å². The summed E-state index contributed by atoms with van der Waals surface area (Å²) in [4.78, 5) is 39.1. The number of carbonyl (C=O) groups is 3. The lowest BCUT2D eigenvalue weighted by atomic mass is 9.96. The van der Waals surface area contributed by atoms with Gasteiger partial charge >= 0.3 is 0 Å². The summed E-state index contributed by atoms with van der Waals surface area (Å²) in [6.45, 7) is 4.21. The van der Waals surface area contributed by atoms with Gasteiger partial charge in [-0.25, -0.2) is 8.42 Å². The molecule has 1 aromatic carbocycles. The fourth-order valence-electron chi connectivity index (χ4n) is 3.95. The number of hydrogen-bond donors (Lipinski definition) is 3. The van der Waals surface area contributed by atoms with Crippen molar-refractivity contribution in [3.05, 3.63) is 35.9 Å². The Hall–Kier alpha value is -2.46. The zero-order valence-electron chi connectivity index (χ0n) is 17.2. The third-order valence-corrected chi connectivity index (χ3v) is 8.60. The number of fused-ring (bicyclic) bond motifs is 1. The second-order valence-corrected chi connectivity index (χ2v) is 11.0. The first-order valence-electron chi connectivity index (χ1n) is 9.81. The van der Waals surface area contributed by atoms with Gasteiger partial charge in [-0.2, -0.15) is 0 Å². The molecule has 2 fully saturated rings. The Morgan fingerprint density at radius 1 is 1.23 bits per heavy atom. The lowest BCUT2D eigenvalue weighted by Gasteiger charge is -2.37. The minimum absolute atomic E-state index is 0.127. The summed E-state index contributed by atoms with van der Waals surface area (Å²) < 4.78 is 24.0. The zero-order valence-corrected chi connectivity index (χ0v) is 18.0. The van der Waals surface area contributed by atoms with Gasteiger partial charge in [0.15, 0.2) is 9.84 Å². The van der Waals surface area contributed by atoms with Crippen LogP contribution < -0.4 is 10.6 Å². The number of aliphatic hydroxyl groups excluding tert-OH is 1. The van der Waals surface area contributed by atoms with Crippen LogP contribution in [0.3, 0.4) is 0 Å². The van der Waals surface area contributed by atoms with Crippen LogP contribution in [0.1, 0.15) is 32.8 Å². The van der Waals surface area contributed by atoms with Crippen molar-refractivity contribution in [1.29, 1.82) is 0 Å². The Morgan fingerprint density at radius 2 is 1.87 bits per heavy atom. The molecule has 2 heterocycles. The van der Waals surface area contributed by atoms with Crippen LogP contribution in [0.15, 0.2) is 30.3 Å². The zero-order chi connectivity index (χ0) is 22.3. The molecule has 30 heavy (non-hydrogen) atoms. The average Bonchev–Trinajstić information content (AvgIpc) is 2.81. The molecule has 2 aliphatic rings. The van der Waals surface area contributed by atoms with Gasteiger partial charge in [0.25, 0.3) is 0 Å². The first-order chi connectivity index (χ1) is 14.0. The summed E-state index contributed by atoms with van der Waals surface area (Å²) in [6.07, 6.45) is 0.0469. The van der Waals surface area contributed by atoms with Crippen molar-refractivity contribution in [1.82, 2.24) is 15.5 Å². The molecule has 1 aromatic rings. The number of nitrogens with zero attached hydrogens (tertiary/aromatic N) is 1. The van der Waals surface area contributed by atoms with Crippen molar-refractivity contribution in [3.63, 3.8) is 0 Å². The molecule has 164 valence electrons. The fourth-order valence-corrected chi connectivity index (χ4v) is 6.09. The number of aliphatic hydroxyl groups is 1. The summed E-state index contributed by atoms with van der Waals surface area (Å²) in [5, 5.41) is 13.5. The Labute approximate surface area is 175 Å². The Kier molecular flexibility index (Phi) is 5.92. The van der Waals surface area contributed by atoms with Crippen molar-refractivity contribution in [2.45, 2.75) is 61.9 Å². The Balaban J connectivity index is 1.85. The lowest BCUT2D eigenvalue weighted by Crippen LogP contribution is -2.62. The number of benzene rings is 1. The topological polar surface area (TPSA) is 133 Å². The molecule has 4 atom stereocenters. The van der Waals surface area contributed by atoms with Gasteiger partial charge in [0.1, 0.15) is 17.5 Å². The molecule has 0 saturated carbocycles. The van der Waals surface area contributed by atoms with Crippen LogP contribution in [-0.2, 0) is 30.6 Å². The quantitative estimate of drug-likeness (QED) is 0.486. The maximum absolute atomic E-state index is 13.1. The normalized spacial score (nSPS) is 25.6. The number of β-lactam (4-membered cyclic amide) rings is 1. The largest absolute Gasteiger partial charge is 0.394 e. The molecule has 10 heteroatoms. The SMILES string of the molecule is CC(CO)NC(=O)C(Cc1ccccc1)NC(=O)C1N2C(=O)CC2S(=O)(=O)C1(C)C. The van der Waals surface area contributed by atoms with Gasteiger partial charge in [-0.15, -0.1) is 0 Å². The molecule has 9 nitrogen and oxygen atoms in total. The Morgan fingerprint density at radius 3 is 2.43 bits per heavy atom.